The lowest BCUT2D eigenvalue weighted by Crippen LogP contribution is -2.59. The number of rotatable bonds is 6. The first-order valence-corrected chi connectivity index (χ1v) is 12.1. The summed E-state index contributed by atoms with van der Waals surface area (Å²) in [7, 11) is -3.44. The molecule has 2 saturated heterocycles. The first-order chi connectivity index (χ1) is 13.5. The third-order valence-electron chi connectivity index (χ3n) is 7.25. The minimum atomic E-state index is -3.44. The molecular formula is C22H30N2O3S. The van der Waals surface area contributed by atoms with Gasteiger partial charge in [-0.05, 0) is 55.6 Å². The van der Waals surface area contributed by atoms with E-state index in [0.717, 1.165) is 50.1 Å². The lowest BCUT2D eigenvalue weighted by molar-refractivity contribution is -0.222. The van der Waals surface area contributed by atoms with Crippen LogP contribution in [0.3, 0.4) is 0 Å². The zero-order valence-electron chi connectivity index (χ0n) is 16.3. The topological polar surface area (TPSA) is 58.6 Å². The molecule has 1 aromatic rings. The summed E-state index contributed by atoms with van der Waals surface area (Å²) in [6.07, 6.45) is 10.7. The Bertz CT molecular complexity index is 823. The molecule has 1 aromatic carbocycles. The van der Waals surface area contributed by atoms with Gasteiger partial charge in [-0.15, -0.1) is 0 Å². The van der Waals surface area contributed by atoms with Crippen molar-refractivity contribution in [1.82, 2.24) is 9.62 Å². The van der Waals surface area contributed by atoms with E-state index < -0.39 is 10.0 Å². The van der Waals surface area contributed by atoms with Gasteiger partial charge in [0.25, 0.3) is 0 Å². The molecule has 6 heteroatoms. The number of benzene rings is 1. The van der Waals surface area contributed by atoms with Gasteiger partial charge in [0.1, 0.15) is 0 Å². The molecule has 28 heavy (non-hydrogen) atoms. The van der Waals surface area contributed by atoms with Gasteiger partial charge in [-0.3, -0.25) is 0 Å². The highest BCUT2D eigenvalue weighted by Gasteiger charge is 2.47. The molecule has 0 aromatic heterocycles. The fraction of sp³-hybridized carbons (Fsp3) is 0.636. The van der Waals surface area contributed by atoms with E-state index >= 15 is 0 Å². The normalized spacial score (nSPS) is 34.0. The van der Waals surface area contributed by atoms with Crippen LogP contribution in [0, 0.1) is 17.8 Å². The number of nitrogens with zero attached hydrogens (tertiary/aromatic N) is 1. The van der Waals surface area contributed by atoms with Crippen LogP contribution in [0.15, 0.2) is 47.4 Å². The van der Waals surface area contributed by atoms with Crippen molar-refractivity contribution in [2.45, 2.75) is 48.7 Å². The molecule has 1 spiro atoms. The van der Waals surface area contributed by atoms with Crippen molar-refractivity contribution in [3.8, 4) is 0 Å². The fourth-order valence-electron chi connectivity index (χ4n) is 5.66. The molecule has 152 valence electrons. The second kappa shape index (κ2) is 7.24. The predicted octanol–water partition coefficient (Wildman–Crippen LogP) is 2.80. The summed E-state index contributed by atoms with van der Waals surface area (Å²) < 4.78 is 33.6. The Labute approximate surface area is 168 Å². The summed E-state index contributed by atoms with van der Waals surface area (Å²) in [6, 6.07) is 8.53. The lowest BCUT2D eigenvalue weighted by atomic mass is 9.80. The van der Waals surface area contributed by atoms with Gasteiger partial charge in [-0.25, -0.2) is 13.1 Å². The number of sulfonamides is 1. The number of piperidine rings is 1. The Morgan fingerprint density at radius 3 is 2.50 bits per heavy atom. The first kappa shape index (κ1) is 18.8. The van der Waals surface area contributed by atoms with Crippen molar-refractivity contribution in [3.05, 3.63) is 42.5 Å². The molecule has 4 atom stereocenters. The standard InChI is InChI=1S/C22H30N2O3S/c25-28(26,21-4-2-1-3-5-21)23-15-20-14-22(27-20)8-10-24(11-9-22)16-19-13-17-6-7-18(19)12-17/h1-7,17-20,23H,8-16H2/t17-,18+,19-,20+/m1/s1. The zero-order chi connectivity index (χ0) is 19.2. The van der Waals surface area contributed by atoms with Gasteiger partial charge in [-0.2, -0.15) is 0 Å². The second-order valence-corrected chi connectivity index (χ2v) is 10.9. The molecule has 2 aliphatic heterocycles. The van der Waals surface area contributed by atoms with E-state index in [4.69, 9.17) is 4.74 Å². The van der Waals surface area contributed by atoms with E-state index in [0.29, 0.717) is 11.4 Å². The molecule has 2 bridgehead atoms. The summed E-state index contributed by atoms with van der Waals surface area (Å²) in [6.45, 7) is 3.82. The summed E-state index contributed by atoms with van der Waals surface area (Å²) >= 11 is 0. The van der Waals surface area contributed by atoms with Crippen LogP contribution in [-0.4, -0.2) is 51.2 Å². The number of hydrogen-bond donors (Lipinski definition) is 1. The van der Waals surface area contributed by atoms with Crippen LogP contribution >= 0.6 is 0 Å². The maximum Gasteiger partial charge on any atom is 0.240 e. The maximum absolute atomic E-state index is 12.3. The Morgan fingerprint density at radius 1 is 1.11 bits per heavy atom. The number of allylic oxidation sites excluding steroid dienone is 2. The Morgan fingerprint density at radius 2 is 1.86 bits per heavy atom. The molecule has 2 heterocycles. The van der Waals surface area contributed by atoms with Crippen LogP contribution in [0.1, 0.15) is 32.1 Å². The fourth-order valence-corrected chi connectivity index (χ4v) is 6.75. The van der Waals surface area contributed by atoms with Crippen molar-refractivity contribution >= 4 is 10.0 Å². The number of likely N-dealkylation sites (tertiary alicyclic amines) is 1. The number of fused-ring (bicyclic) bond motifs is 2. The quantitative estimate of drug-likeness (QED) is 0.744. The van der Waals surface area contributed by atoms with Gasteiger partial charge in [0.15, 0.2) is 0 Å². The number of nitrogens with one attached hydrogen (secondary N) is 1. The molecule has 5 rings (SSSR count). The highest BCUT2D eigenvalue weighted by atomic mass is 32.2. The molecule has 3 fully saturated rings. The average molecular weight is 403 g/mol. The van der Waals surface area contributed by atoms with E-state index in [1.165, 1.54) is 19.4 Å². The molecule has 0 unspecified atom stereocenters. The largest absolute Gasteiger partial charge is 0.370 e. The summed E-state index contributed by atoms with van der Waals surface area (Å²) in [5.74, 6) is 2.52. The van der Waals surface area contributed by atoms with Gasteiger partial charge in [0.05, 0.1) is 16.6 Å². The summed E-state index contributed by atoms with van der Waals surface area (Å²) in [5, 5.41) is 0. The SMILES string of the molecule is O=S(=O)(NC[C@@H]1CC2(CCN(C[C@H]3C[C@@H]4C=C[C@H]3C4)CC2)O1)c1ccccc1. The Kier molecular flexibility index (Phi) is 4.86. The third-order valence-corrected chi connectivity index (χ3v) is 8.69. The Balaban J connectivity index is 1.06. The molecule has 0 radical (unpaired) electrons. The zero-order valence-corrected chi connectivity index (χ0v) is 17.1. The molecule has 5 nitrogen and oxygen atoms in total. The van der Waals surface area contributed by atoms with Crippen molar-refractivity contribution in [2.75, 3.05) is 26.2 Å². The van der Waals surface area contributed by atoms with Crippen LogP contribution in [-0.2, 0) is 14.8 Å². The third kappa shape index (κ3) is 3.67. The van der Waals surface area contributed by atoms with E-state index in [2.05, 4.69) is 21.8 Å². The van der Waals surface area contributed by atoms with E-state index in [1.807, 2.05) is 6.07 Å². The number of hydrogen-bond acceptors (Lipinski definition) is 4. The van der Waals surface area contributed by atoms with Crippen LogP contribution in [0.25, 0.3) is 0 Å². The molecule has 1 saturated carbocycles. The maximum atomic E-state index is 12.3. The Hall–Kier alpha value is -1.21. The highest BCUT2D eigenvalue weighted by Crippen LogP contribution is 2.45. The van der Waals surface area contributed by atoms with Crippen LogP contribution < -0.4 is 4.72 Å². The summed E-state index contributed by atoms with van der Waals surface area (Å²) in [5.41, 5.74) is -0.00601. The van der Waals surface area contributed by atoms with E-state index in [-0.39, 0.29) is 11.7 Å². The lowest BCUT2D eigenvalue weighted by Gasteiger charge is -2.52. The number of ether oxygens (including phenoxy) is 1. The highest BCUT2D eigenvalue weighted by molar-refractivity contribution is 7.89. The van der Waals surface area contributed by atoms with Gasteiger partial charge in [0, 0.05) is 32.6 Å². The summed E-state index contributed by atoms with van der Waals surface area (Å²) in [4.78, 5) is 2.94. The van der Waals surface area contributed by atoms with Crippen molar-refractivity contribution in [2.24, 2.45) is 17.8 Å². The van der Waals surface area contributed by atoms with E-state index in [9.17, 15) is 8.42 Å². The predicted molar refractivity (Wildman–Crippen MR) is 108 cm³/mol. The van der Waals surface area contributed by atoms with Crippen LogP contribution in [0.4, 0.5) is 0 Å². The minimum absolute atomic E-state index is 0.000686. The monoisotopic (exact) mass is 402 g/mol. The van der Waals surface area contributed by atoms with Crippen LogP contribution in [0.5, 0.6) is 0 Å². The molecule has 4 aliphatic rings. The molecule has 0 amide bonds. The minimum Gasteiger partial charge on any atom is -0.370 e. The average Bonchev–Trinajstić information content (AvgIpc) is 3.30. The van der Waals surface area contributed by atoms with Crippen molar-refractivity contribution < 1.29 is 13.2 Å². The molecule has 2 aliphatic carbocycles. The first-order valence-electron chi connectivity index (χ1n) is 10.6. The van der Waals surface area contributed by atoms with E-state index in [1.54, 1.807) is 24.3 Å². The van der Waals surface area contributed by atoms with Gasteiger partial charge >= 0.3 is 0 Å². The van der Waals surface area contributed by atoms with Crippen molar-refractivity contribution in [3.63, 3.8) is 0 Å². The van der Waals surface area contributed by atoms with Crippen molar-refractivity contribution in [1.29, 1.82) is 0 Å². The smallest absolute Gasteiger partial charge is 0.240 e. The molecule has 1 N–H and O–H groups in total. The van der Waals surface area contributed by atoms with Gasteiger partial charge in [0.2, 0.25) is 10.0 Å². The van der Waals surface area contributed by atoms with Crippen LogP contribution in [0.2, 0.25) is 0 Å². The van der Waals surface area contributed by atoms with Gasteiger partial charge in [-0.1, -0.05) is 30.4 Å². The van der Waals surface area contributed by atoms with Gasteiger partial charge < -0.3 is 9.64 Å². The second-order valence-electron chi connectivity index (χ2n) is 9.13. The molecular weight excluding hydrogens is 372 g/mol.